The van der Waals surface area contributed by atoms with Gasteiger partial charge in [-0.15, -0.1) is 0 Å². The number of rotatable bonds is 3. The molecule has 2 aromatic rings. The summed E-state index contributed by atoms with van der Waals surface area (Å²) in [4.78, 5) is 28.8. The number of para-hydroxylation sites is 1. The number of aliphatic carboxylic acids is 1. The zero-order chi connectivity index (χ0) is 13.3. The Morgan fingerprint density at radius 2 is 2.22 bits per heavy atom. The van der Waals surface area contributed by atoms with E-state index < -0.39 is 17.6 Å². The van der Waals surface area contributed by atoms with Crippen molar-refractivity contribution in [3.8, 4) is 5.75 Å². The molecule has 0 radical (unpaired) electrons. The lowest BCUT2D eigenvalue weighted by molar-refractivity contribution is -0.138. The maximum absolute atomic E-state index is 11.5. The summed E-state index contributed by atoms with van der Waals surface area (Å²) in [5.41, 5.74) is 0.110. The standard InChI is InChI=1S/C12H12N2O4/c1-6(11(15)16)9-7-4-3-5-8(18-2)10(7)14-12(17)13-9/h3-6H,1-2H3,(H,15,16)(H,13,14,17). The lowest BCUT2D eigenvalue weighted by Crippen LogP contribution is -2.18. The van der Waals surface area contributed by atoms with Crippen molar-refractivity contribution in [1.29, 1.82) is 0 Å². The Kier molecular flexibility index (Phi) is 3.01. The Bertz CT molecular complexity index is 663. The number of aromatic amines is 1. The molecule has 18 heavy (non-hydrogen) atoms. The van der Waals surface area contributed by atoms with Crippen LogP contribution in [0.2, 0.25) is 0 Å². The molecule has 1 heterocycles. The average Bonchev–Trinajstić information content (AvgIpc) is 2.36. The van der Waals surface area contributed by atoms with Gasteiger partial charge in [0.1, 0.15) is 11.3 Å². The summed E-state index contributed by atoms with van der Waals surface area (Å²) in [6, 6.07) is 5.10. The summed E-state index contributed by atoms with van der Waals surface area (Å²) in [5, 5.41) is 9.61. The largest absolute Gasteiger partial charge is 0.494 e. The molecule has 94 valence electrons. The third-order valence-corrected chi connectivity index (χ3v) is 2.77. The number of fused-ring (bicyclic) bond motifs is 1. The van der Waals surface area contributed by atoms with Crippen molar-refractivity contribution in [3.63, 3.8) is 0 Å². The number of nitrogens with one attached hydrogen (secondary N) is 1. The van der Waals surface area contributed by atoms with Gasteiger partial charge in [-0.2, -0.15) is 4.98 Å². The van der Waals surface area contributed by atoms with Gasteiger partial charge in [0.05, 0.1) is 13.0 Å². The molecule has 6 nitrogen and oxygen atoms in total. The van der Waals surface area contributed by atoms with E-state index in [1.54, 1.807) is 18.2 Å². The van der Waals surface area contributed by atoms with Crippen LogP contribution in [0.25, 0.3) is 10.9 Å². The Morgan fingerprint density at radius 1 is 1.50 bits per heavy atom. The summed E-state index contributed by atoms with van der Waals surface area (Å²) in [5.74, 6) is -1.39. The molecule has 0 aliphatic carbocycles. The second-order valence-electron chi connectivity index (χ2n) is 3.87. The van der Waals surface area contributed by atoms with Crippen molar-refractivity contribution in [2.75, 3.05) is 7.11 Å². The molecule has 2 rings (SSSR count). The van der Waals surface area contributed by atoms with E-state index in [0.717, 1.165) is 0 Å². The fourth-order valence-corrected chi connectivity index (χ4v) is 1.80. The Labute approximate surface area is 102 Å². The number of ether oxygens (including phenoxy) is 1. The maximum atomic E-state index is 11.5. The fourth-order valence-electron chi connectivity index (χ4n) is 1.80. The molecule has 0 amide bonds. The smallest absolute Gasteiger partial charge is 0.345 e. The SMILES string of the molecule is COc1cccc2c(C(C)C(=O)O)[nH]c(=O)nc12. The molecule has 6 heteroatoms. The zero-order valence-electron chi connectivity index (χ0n) is 9.93. The van der Waals surface area contributed by atoms with Gasteiger partial charge in [-0.1, -0.05) is 12.1 Å². The summed E-state index contributed by atoms with van der Waals surface area (Å²) in [7, 11) is 1.47. The van der Waals surface area contributed by atoms with Crippen molar-refractivity contribution in [3.05, 3.63) is 34.4 Å². The van der Waals surface area contributed by atoms with Crippen LogP contribution in [0.3, 0.4) is 0 Å². The van der Waals surface area contributed by atoms with Crippen LogP contribution < -0.4 is 10.4 Å². The maximum Gasteiger partial charge on any atom is 0.345 e. The van der Waals surface area contributed by atoms with E-state index in [1.165, 1.54) is 14.0 Å². The van der Waals surface area contributed by atoms with Crippen LogP contribution in [0.1, 0.15) is 18.5 Å². The van der Waals surface area contributed by atoms with Gasteiger partial charge in [-0.05, 0) is 13.0 Å². The molecule has 0 saturated heterocycles. The van der Waals surface area contributed by atoms with Gasteiger partial charge < -0.3 is 14.8 Å². The Morgan fingerprint density at radius 3 is 2.83 bits per heavy atom. The van der Waals surface area contributed by atoms with Gasteiger partial charge in [0.15, 0.2) is 0 Å². The van der Waals surface area contributed by atoms with E-state index in [2.05, 4.69) is 9.97 Å². The van der Waals surface area contributed by atoms with E-state index in [4.69, 9.17) is 9.84 Å². The van der Waals surface area contributed by atoms with E-state index in [9.17, 15) is 9.59 Å². The van der Waals surface area contributed by atoms with Gasteiger partial charge in [0.2, 0.25) is 0 Å². The third kappa shape index (κ3) is 1.92. The van der Waals surface area contributed by atoms with Crippen LogP contribution >= 0.6 is 0 Å². The Hall–Kier alpha value is -2.37. The first-order chi connectivity index (χ1) is 8.54. The summed E-state index contributed by atoms with van der Waals surface area (Å²) in [6.07, 6.45) is 0. The number of nitrogens with zero attached hydrogens (tertiary/aromatic N) is 1. The summed E-state index contributed by atoms with van der Waals surface area (Å²) < 4.78 is 5.11. The minimum absolute atomic E-state index is 0.330. The number of aromatic nitrogens is 2. The number of hydrogen-bond acceptors (Lipinski definition) is 4. The fraction of sp³-hybridized carbons (Fsp3) is 0.250. The minimum Gasteiger partial charge on any atom is -0.494 e. The predicted molar refractivity (Wildman–Crippen MR) is 65.0 cm³/mol. The number of benzene rings is 1. The van der Waals surface area contributed by atoms with Crippen LogP contribution in [-0.2, 0) is 4.79 Å². The van der Waals surface area contributed by atoms with Crippen LogP contribution in [-0.4, -0.2) is 28.2 Å². The van der Waals surface area contributed by atoms with E-state index in [1.807, 2.05) is 0 Å². The summed E-state index contributed by atoms with van der Waals surface area (Å²) >= 11 is 0. The van der Waals surface area contributed by atoms with Gasteiger partial charge in [-0.3, -0.25) is 4.79 Å². The first-order valence-electron chi connectivity index (χ1n) is 5.34. The highest BCUT2D eigenvalue weighted by Crippen LogP contribution is 2.27. The van der Waals surface area contributed by atoms with Crippen molar-refractivity contribution >= 4 is 16.9 Å². The molecule has 0 aliphatic heterocycles. The van der Waals surface area contributed by atoms with E-state index in [0.29, 0.717) is 22.3 Å². The number of carboxylic acid groups (broad SMARTS) is 1. The van der Waals surface area contributed by atoms with Crippen molar-refractivity contribution in [2.24, 2.45) is 0 Å². The first-order valence-corrected chi connectivity index (χ1v) is 5.34. The highest BCUT2D eigenvalue weighted by Gasteiger charge is 2.19. The monoisotopic (exact) mass is 248 g/mol. The highest BCUT2D eigenvalue weighted by molar-refractivity contribution is 5.90. The van der Waals surface area contributed by atoms with Gasteiger partial charge in [0, 0.05) is 11.1 Å². The van der Waals surface area contributed by atoms with Crippen LogP contribution in [0.4, 0.5) is 0 Å². The lowest BCUT2D eigenvalue weighted by Gasteiger charge is -2.11. The number of methoxy groups -OCH3 is 1. The van der Waals surface area contributed by atoms with Crippen LogP contribution in [0, 0.1) is 0 Å². The quantitative estimate of drug-likeness (QED) is 0.849. The van der Waals surface area contributed by atoms with E-state index >= 15 is 0 Å². The number of hydrogen-bond donors (Lipinski definition) is 2. The summed E-state index contributed by atoms with van der Waals surface area (Å²) in [6.45, 7) is 1.51. The zero-order valence-corrected chi connectivity index (χ0v) is 9.93. The molecular weight excluding hydrogens is 236 g/mol. The number of H-pyrrole nitrogens is 1. The second-order valence-corrected chi connectivity index (χ2v) is 3.87. The lowest BCUT2D eigenvalue weighted by atomic mass is 10.0. The molecule has 1 atom stereocenters. The molecule has 2 N–H and O–H groups in total. The molecular formula is C12H12N2O4. The molecule has 1 unspecified atom stereocenters. The third-order valence-electron chi connectivity index (χ3n) is 2.77. The van der Waals surface area contributed by atoms with Crippen LogP contribution in [0.5, 0.6) is 5.75 Å². The normalized spacial score (nSPS) is 12.3. The molecule has 0 fully saturated rings. The average molecular weight is 248 g/mol. The first kappa shape index (κ1) is 12.1. The topological polar surface area (TPSA) is 92.3 Å². The van der Waals surface area contributed by atoms with E-state index in [-0.39, 0.29) is 0 Å². The second kappa shape index (κ2) is 4.48. The molecule has 0 bridgehead atoms. The predicted octanol–water partition coefficient (Wildman–Crippen LogP) is 1.12. The molecule has 0 aliphatic rings. The van der Waals surface area contributed by atoms with Gasteiger partial charge >= 0.3 is 11.7 Å². The van der Waals surface area contributed by atoms with Gasteiger partial charge in [-0.25, -0.2) is 4.79 Å². The number of carboxylic acids is 1. The van der Waals surface area contributed by atoms with Gasteiger partial charge in [0.25, 0.3) is 0 Å². The molecule has 1 aromatic carbocycles. The van der Waals surface area contributed by atoms with Crippen molar-refractivity contribution in [2.45, 2.75) is 12.8 Å². The van der Waals surface area contributed by atoms with Crippen LogP contribution in [0.15, 0.2) is 23.0 Å². The number of carbonyl (C=O) groups is 1. The Balaban J connectivity index is 2.82. The molecule has 0 saturated carbocycles. The molecule has 1 aromatic heterocycles. The highest BCUT2D eigenvalue weighted by atomic mass is 16.5. The van der Waals surface area contributed by atoms with Crippen molar-refractivity contribution in [1.82, 2.24) is 9.97 Å². The minimum atomic E-state index is -1.01. The molecule has 0 spiro atoms. The van der Waals surface area contributed by atoms with Crippen molar-refractivity contribution < 1.29 is 14.6 Å².